The molecule has 0 saturated carbocycles. The van der Waals surface area contributed by atoms with Crippen molar-refractivity contribution >= 4 is 0 Å². The summed E-state index contributed by atoms with van der Waals surface area (Å²) in [5.41, 5.74) is 0.483. The Morgan fingerprint density at radius 3 is 2.48 bits per heavy atom. The Kier molecular flexibility index (Phi) is 9.24. The second-order valence-electron chi connectivity index (χ2n) is 5.77. The van der Waals surface area contributed by atoms with Gasteiger partial charge in [-0.05, 0) is 37.4 Å². The van der Waals surface area contributed by atoms with E-state index in [1.165, 1.54) is 31.7 Å². The van der Waals surface area contributed by atoms with E-state index in [2.05, 4.69) is 19.2 Å². The van der Waals surface area contributed by atoms with E-state index < -0.39 is 11.6 Å². The molecule has 0 heterocycles. The van der Waals surface area contributed by atoms with Gasteiger partial charge < -0.3 is 5.32 Å². The third-order valence-electron chi connectivity index (χ3n) is 3.84. The molecule has 21 heavy (non-hydrogen) atoms. The topological polar surface area (TPSA) is 12.0 Å². The molecule has 0 saturated heterocycles. The lowest BCUT2D eigenvalue weighted by Gasteiger charge is -2.19. The summed E-state index contributed by atoms with van der Waals surface area (Å²) >= 11 is 0. The lowest BCUT2D eigenvalue weighted by molar-refractivity contribution is 0.436. The smallest absolute Gasteiger partial charge is 0.162 e. The van der Waals surface area contributed by atoms with Gasteiger partial charge >= 0.3 is 0 Å². The molecule has 0 amide bonds. The van der Waals surface area contributed by atoms with E-state index in [4.69, 9.17) is 0 Å². The number of nitrogens with one attached hydrogen (secondary N) is 1. The fourth-order valence-corrected chi connectivity index (χ4v) is 2.59. The van der Waals surface area contributed by atoms with Crippen LogP contribution in [0.5, 0.6) is 0 Å². The van der Waals surface area contributed by atoms with Gasteiger partial charge in [0.15, 0.2) is 11.6 Å². The standard InChI is InChI=1S/C18H29F2N/c1-3-5-6-7-8-11-16(21-13-4-2)14-15-10-9-12-17(19)18(15)20/h9-10,12,16,21H,3-8,11,13-14H2,1-2H3. The summed E-state index contributed by atoms with van der Waals surface area (Å²) in [6.45, 7) is 5.25. The molecular weight excluding hydrogens is 268 g/mol. The highest BCUT2D eigenvalue weighted by Gasteiger charge is 2.13. The van der Waals surface area contributed by atoms with Crippen LogP contribution in [0.25, 0.3) is 0 Å². The highest BCUT2D eigenvalue weighted by Crippen LogP contribution is 2.16. The Balaban J connectivity index is 2.50. The van der Waals surface area contributed by atoms with Gasteiger partial charge in [-0.3, -0.25) is 0 Å². The van der Waals surface area contributed by atoms with Crippen LogP contribution in [-0.2, 0) is 6.42 Å². The van der Waals surface area contributed by atoms with E-state index in [-0.39, 0.29) is 6.04 Å². The Hall–Kier alpha value is -0.960. The summed E-state index contributed by atoms with van der Waals surface area (Å²) in [4.78, 5) is 0. The summed E-state index contributed by atoms with van der Waals surface area (Å²) < 4.78 is 27.0. The monoisotopic (exact) mass is 297 g/mol. The first-order valence-electron chi connectivity index (χ1n) is 8.35. The zero-order valence-electron chi connectivity index (χ0n) is 13.4. The highest BCUT2D eigenvalue weighted by molar-refractivity contribution is 5.20. The summed E-state index contributed by atoms with van der Waals surface area (Å²) in [5.74, 6) is -1.43. The zero-order chi connectivity index (χ0) is 15.5. The molecule has 1 atom stereocenters. The van der Waals surface area contributed by atoms with Gasteiger partial charge in [-0.15, -0.1) is 0 Å². The SMILES string of the molecule is CCCCCCCC(Cc1cccc(F)c1F)NCCC. The van der Waals surface area contributed by atoms with Gasteiger partial charge in [0.05, 0.1) is 0 Å². The lowest BCUT2D eigenvalue weighted by atomic mass is 9.99. The average molecular weight is 297 g/mol. The molecule has 1 rings (SSSR count). The Morgan fingerprint density at radius 2 is 1.76 bits per heavy atom. The van der Waals surface area contributed by atoms with E-state index >= 15 is 0 Å². The van der Waals surface area contributed by atoms with Gasteiger partial charge in [0.25, 0.3) is 0 Å². The van der Waals surface area contributed by atoms with E-state index in [1.54, 1.807) is 12.1 Å². The van der Waals surface area contributed by atoms with Crippen LogP contribution in [0, 0.1) is 11.6 Å². The molecule has 1 unspecified atom stereocenters. The maximum absolute atomic E-state index is 13.8. The molecule has 0 spiro atoms. The fourth-order valence-electron chi connectivity index (χ4n) is 2.59. The molecule has 0 aliphatic carbocycles. The van der Waals surface area contributed by atoms with Crippen molar-refractivity contribution in [2.75, 3.05) is 6.54 Å². The van der Waals surface area contributed by atoms with Crippen molar-refractivity contribution in [1.82, 2.24) is 5.32 Å². The van der Waals surface area contributed by atoms with E-state index in [0.29, 0.717) is 12.0 Å². The van der Waals surface area contributed by atoms with Gasteiger partial charge in [-0.25, -0.2) is 8.78 Å². The minimum Gasteiger partial charge on any atom is -0.314 e. The second-order valence-corrected chi connectivity index (χ2v) is 5.77. The predicted molar refractivity (Wildman–Crippen MR) is 85.5 cm³/mol. The quantitative estimate of drug-likeness (QED) is 0.551. The normalized spacial score (nSPS) is 12.6. The molecule has 0 fully saturated rings. The molecule has 120 valence electrons. The Morgan fingerprint density at radius 1 is 1.00 bits per heavy atom. The van der Waals surface area contributed by atoms with Crippen molar-refractivity contribution in [1.29, 1.82) is 0 Å². The third-order valence-corrected chi connectivity index (χ3v) is 3.84. The number of rotatable bonds is 11. The van der Waals surface area contributed by atoms with Crippen molar-refractivity contribution in [2.45, 2.75) is 71.3 Å². The Labute approximate surface area is 128 Å². The van der Waals surface area contributed by atoms with Gasteiger partial charge in [-0.2, -0.15) is 0 Å². The number of benzene rings is 1. The van der Waals surface area contributed by atoms with Crippen LogP contribution in [0.2, 0.25) is 0 Å². The van der Waals surface area contributed by atoms with Crippen molar-refractivity contribution in [3.63, 3.8) is 0 Å². The third kappa shape index (κ3) is 7.03. The summed E-state index contributed by atoms with van der Waals surface area (Å²) in [7, 11) is 0. The second kappa shape index (κ2) is 10.7. The van der Waals surface area contributed by atoms with Gasteiger partial charge in [0, 0.05) is 6.04 Å². The molecule has 1 aromatic carbocycles. The maximum atomic E-state index is 13.8. The molecule has 0 bridgehead atoms. The van der Waals surface area contributed by atoms with Crippen LogP contribution in [0.4, 0.5) is 8.78 Å². The fraction of sp³-hybridized carbons (Fsp3) is 0.667. The van der Waals surface area contributed by atoms with Crippen LogP contribution < -0.4 is 5.32 Å². The molecule has 1 N–H and O–H groups in total. The molecule has 1 aromatic rings. The summed E-state index contributed by atoms with van der Waals surface area (Å²) in [5, 5.41) is 3.47. The molecule has 0 aromatic heterocycles. The highest BCUT2D eigenvalue weighted by atomic mass is 19.2. The zero-order valence-corrected chi connectivity index (χ0v) is 13.4. The minimum absolute atomic E-state index is 0.239. The largest absolute Gasteiger partial charge is 0.314 e. The predicted octanol–water partition coefficient (Wildman–Crippen LogP) is 5.24. The molecule has 0 aliphatic rings. The van der Waals surface area contributed by atoms with E-state index in [1.807, 2.05) is 0 Å². The molecule has 0 radical (unpaired) electrons. The lowest BCUT2D eigenvalue weighted by Crippen LogP contribution is -2.32. The number of hydrogen-bond donors (Lipinski definition) is 1. The maximum Gasteiger partial charge on any atom is 0.162 e. The van der Waals surface area contributed by atoms with Crippen molar-refractivity contribution in [3.05, 3.63) is 35.4 Å². The van der Waals surface area contributed by atoms with Crippen LogP contribution in [-0.4, -0.2) is 12.6 Å². The first-order valence-corrected chi connectivity index (χ1v) is 8.35. The van der Waals surface area contributed by atoms with Crippen LogP contribution in [0.1, 0.15) is 64.4 Å². The van der Waals surface area contributed by atoms with E-state index in [0.717, 1.165) is 25.8 Å². The van der Waals surface area contributed by atoms with Gasteiger partial charge in [0.1, 0.15) is 0 Å². The van der Waals surface area contributed by atoms with Gasteiger partial charge in [-0.1, -0.05) is 58.1 Å². The Bertz CT molecular complexity index is 393. The first kappa shape index (κ1) is 18.1. The van der Waals surface area contributed by atoms with Crippen molar-refractivity contribution < 1.29 is 8.78 Å². The van der Waals surface area contributed by atoms with Crippen LogP contribution in [0.15, 0.2) is 18.2 Å². The van der Waals surface area contributed by atoms with E-state index in [9.17, 15) is 8.78 Å². The van der Waals surface area contributed by atoms with Crippen LogP contribution in [0.3, 0.4) is 0 Å². The number of halogens is 2. The summed E-state index contributed by atoms with van der Waals surface area (Å²) in [6.07, 6.45) is 8.82. The number of unbranched alkanes of at least 4 members (excludes halogenated alkanes) is 4. The number of hydrogen-bond acceptors (Lipinski definition) is 1. The van der Waals surface area contributed by atoms with Crippen molar-refractivity contribution in [3.8, 4) is 0 Å². The molecule has 3 heteroatoms. The molecule has 1 nitrogen and oxygen atoms in total. The molecule has 0 aliphatic heterocycles. The van der Waals surface area contributed by atoms with Crippen molar-refractivity contribution in [2.24, 2.45) is 0 Å². The minimum atomic E-state index is -0.746. The average Bonchev–Trinajstić information content (AvgIpc) is 2.48. The van der Waals surface area contributed by atoms with Gasteiger partial charge in [0.2, 0.25) is 0 Å². The summed E-state index contributed by atoms with van der Waals surface area (Å²) in [6, 6.07) is 4.70. The first-order chi connectivity index (χ1) is 10.2. The van der Waals surface area contributed by atoms with Crippen LogP contribution >= 0.6 is 0 Å². The molecular formula is C18H29F2N.